The molecule has 4 rings (SSSR count). The lowest BCUT2D eigenvalue weighted by Gasteiger charge is -2.09. The summed E-state index contributed by atoms with van der Waals surface area (Å²) in [5.41, 5.74) is 2.76. The summed E-state index contributed by atoms with van der Waals surface area (Å²) in [6, 6.07) is 16.9. The van der Waals surface area contributed by atoms with E-state index >= 15 is 0 Å². The van der Waals surface area contributed by atoms with Crippen LogP contribution in [-0.4, -0.2) is 38.9 Å². The molecule has 10 heteroatoms. The third-order valence-corrected chi connectivity index (χ3v) is 5.43. The van der Waals surface area contributed by atoms with Gasteiger partial charge in [0.15, 0.2) is 17.6 Å². The molecular weight excluding hydrogens is 440 g/mol. The Hall–Kier alpha value is -3.30. The van der Waals surface area contributed by atoms with Crippen LogP contribution in [0.2, 0.25) is 5.02 Å². The average Bonchev–Trinajstić information content (AvgIpc) is 3.39. The molecule has 31 heavy (non-hydrogen) atoms. The van der Waals surface area contributed by atoms with Crippen molar-refractivity contribution in [1.82, 2.24) is 14.7 Å². The molecule has 0 saturated heterocycles. The highest BCUT2D eigenvalue weighted by molar-refractivity contribution is 7.99. The Morgan fingerprint density at radius 2 is 2.00 bits per heavy atom. The molecule has 0 aliphatic heterocycles. The van der Waals surface area contributed by atoms with Crippen LogP contribution in [0, 0.1) is 0 Å². The molecule has 0 unspecified atom stereocenters. The number of halogens is 1. The maximum atomic E-state index is 12.1. The van der Waals surface area contributed by atoms with Gasteiger partial charge in [0.2, 0.25) is 0 Å². The van der Waals surface area contributed by atoms with E-state index in [4.69, 9.17) is 16.3 Å². The number of hydrogen-bond donors (Lipinski definition) is 1. The first kappa shape index (κ1) is 21.0. The standard InChI is InChI=1S/C21H17ClN4O4S/c22-15-6-7-17-16(10-15)23-21(26(17)11-14-4-2-1-3-5-14)31-13-20(28)29-12-19(27)24-18-8-9-30-25-18/h1-10H,11-13H2,(H,24,25,27). The number of carbonyl (C=O) groups excluding carboxylic acids is 2. The molecule has 2 aromatic heterocycles. The first-order chi connectivity index (χ1) is 15.1. The zero-order chi connectivity index (χ0) is 21.6. The minimum atomic E-state index is -0.531. The van der Waals surface area contributed by atoms with E-state index < -0.39 is 18.5 Å². The maximum Gasteiger partial charge on any atom is 0.316 e. The Bertz CT molecular complexity index is 1200. The topological polar surface area (TPSA) is 99.2 Å². The van der Waals surface area contributed by atoms with Crippen molar-refractivity contribution in [3.05, 3.63) is 71.4 Å². The fourth-order valence-electron chi connectivity index (χ4n) is 2.88. The highest BCUT2D eigenvalue weighted by Gasteiger charge is 2.15. The summed E-state index contributed by atoms with van der Waals surface area (Å²) in [5.74, 6) is -0.776. The number of amides is 1. The van der Waals surface area contributed by atoms with Crippen LogP contribution in [-0.2, 0) is 20.9 Å². The molecule has 0 bridgehead atoms. The Morgan fingerprint density at radius 1 is 1.16 bits per heavy atom. The molecule has 158 valence electrons. The van der Waals surface area contributed by atoms with E-state index in [-0.39, 0.29) is 11.6 Å². The monoisotopic (exact) mass is 456 g/mol. The van der Waals surface area contributed by atoms with E-state index in [1.54, 1.807) is 6.07 Å². The SMILES string of the molecule is O=C(COC(=O)CSc1nc2cc(Cl)ccc2n1Cc1ccccc1)Nc1ccon1. The molecule has 1 amide bonds. The summed E-state index contributed by atoms with van der Waals surface area (Å²) in [7, 11) is 0. The van der Waals surface area contributed by atoms with Crippen molar-refractivity contribution in [1.29, 1.82) is 0 Å². The fourth-order valence-corrected chi connectivity index (χ4v) is 3.86. The van der Waals surface area contributed by atoms with Gasteiger partial charge in [-0.2, -0.15) is 0 Å². The van der Waals surface area contributed by atoms with Crippen molar-refractivity contribution in [3.63, 3.8) is 0 Å². The number of thioether (sulfide) groups is 1. The number of nitrogens with zero attached hydrogens (tertiary/aromatic N) is 3. The molecule has 0 atom stereocenters. The largest absolute Gasteiger partial charge is 0.455 e. The summed E-state index contributed by atoms with van der Waals surface area (Å²) in [5, 5.41) is 7.26. The highest BCUT2D eigenvalue weighted by atomic mass is 35.5. The Labute approximate surface area is 186 Å². The van der Waals surface area contributed by atoms with Crippen LogP contribution in [0.25, 0.3) is 11.0 Å². The first-order valence-corrected chi connectivity index (χ1v) is 10.6. The maximum absolute atomic E-state index is 12.1. The number of imidazole rings is 1. The predicted octanol–water partition coefficient (Wildman–Crippen LogP) is 4.00. The van der Waals surface area contributed by atoms with Crippen LogP contribution in [0.5, 0.6) is 0 Å². The third-order valence-electron chi connectivity index (χ3n) is 4.25. The lowest BCUT2D eigenvalue weighted by molar-refractivity contribution is -0.144. The average molecular weight is 457 g/mol. The second-order valence-corrected chi connectivity index (χ2v) is 7.86. The van der Waals surface area contributed by atoms with Crippen LogP contribution in [0.4, 0.5) is 5.82 Å². The van der Waals surface area contributed by atoms with Crippen molar-refractivity contribution in [2.45, 2.75) is 11.7 Å². The van der Waals surface area contributed by atoms with Crippen molar-refractivity contribution in [2.75, 3.05) is 17.7 Å². The minimum Gasteiger partial charge on any atom is -0.455 e. The molecule has 0 radical (unpaired) electrons. The summed E-state index contributed by atoms with van der Waals surface area (Å²) in [4.78, 5) is 28.6. The number of fused-ring (bicyclic) bond motifs is 1. The van der Waals surface area contributed by atoms with Gasteiger partial charge < -0.3 is 19.1 Å². The van der Waals surface area contributed by atoms with Crippen LogP contribution in [0.3, 0.4) is 0 Å². The summed E-state index contributed by atoms with van der Waals surface area (Å²) >= 11 is 7.35. The van der Waals surface area contributed by atoms with Crippen LogP contribution in [0.15, 0.2) is 70.5 Å². The van der Waals surface area contributed by atoms with E-state index in [0.717, 1.165) is 16.6 Å². The Morgan fingerprint density at radius 3 is 2.77 bits per heavy atom. The molecule has 1 N–H and O–H groups in total. The van der Waals surface area contributed by atoms with Gasteiger partial charge in [0.1, 0.15) is 6.26 Å². The van der Waals surface area contributed by atoms with Crippen molar-refractivity contribution in [2.24, 2.45) is 0 Å². The number of hydrogen-bond acceptors (Lipinski definition) is 7. The summed E-state index contributed by atoms with van der Waals surface area (Å²) in [6.45, 7) is 0.179. The van der Waals surface area contributed by atoms with Crippen molar-refractivity contribution >= 4 is 52.1 Å². The molecule has 0 aliphatic carbocycles. The zero-order valence-corrected chi connectivity index (χ0v) is 17.7. The number of ether oxygens (including phenoxy) is 1. The lowest BCUT2D eigenvalue weighted by atomic mass is 10.2. The lowest BCUT2D eigenvalue weighted by Crippen LogP contribution is -2.21. The minimum absolute atomic E-state index is 0.00306. The fraction of sp³-hybridized carbons (Fsp3) is 0.143. The van der Waals surface area contributed by atoms with Gasteiger partial charge in [-0.15, -0.1) is 0 Å². The second-order valence-electron chi connectivity index (χ2n) is 6.48. The molecule has 2 aromatic carbocycles. The number of esters is 1. The Kier molecular flexibility index (Phi) is 6.54. The van der Waals surface area contributed by atoms with Crippen LogP contribution in [0.1, 0.15) is 5.56 Å². The van der Waals surface area contributed by atoms with E-state index in [0.29, 0.717) is 16.7 Å². The van der Waals surface area contributed by atoms with Crippen LogP contribution >= 0.6 is 23.4 Å². The van der Waals surface area contributed by atoms with Crippen LogP contribution < -0.4 is 5.32 Å². The van der Waals surface area contributed by atoms with E-state index in [9.17, 15) is 9.59 Å². The van der Waals surface area contributed by atoms with Gasteiger partial charge in [-0.1, -0.05) is 58.9 Å². The molecule has 0 aliphatic rings. The quantitative estimate of drug-likeness (QED) is 0.316. The smallest absolute Gasteiger partial charge is 0.316 e. The molecule has 0 saturated carbocycles. The van der Waals surface area contributed by atoms with Gasteiger partial charge in [0, 0.05) is 11.1 Å². The summed E-state index contributed by atoms with van der Waals surface area (Å²) < 4.78 is 11.7. The van der Waals surface area contributed by atoms with Gasteiger partial charge in [-0.25, -0.2) is 4.98 Å². The van der Waals surface area contributed by atoms with Gasteiger partial charge in [-0.3, -0.25) is 9.59 Å². The molecule has 4 aromatic rings. The number of carbonyl (C=O) groups is 2. The van der Waals surface area contributed by atoms with Crippen molar-refractivity contribution < 1.29 is 18.8 Å². The van der Waals surface area contributed by atoms with Gasteiger partial charge >= 0.3 is 5.97 Å². The van der Waals surface area contributed by atoms with E-state index in [2.05, 4.69) is 20.0 Å². The van der Waals surface area contributed by atoms with Gasteiger partial charge in [-0.05, 0) is 23.8 Å². The number of rotatable bonds is 8. The molecule has 0 fully saturated rings. The third kappa shape index (κ3) is 5.44. The zero-order valence-electron chi connectivity index (χ0n) is 16.2. The molecule has 0 spiro atoms. The number of nitrogens with one attached hydrogen (secondary N) is 1. The first-order valence-electron chi connectivity index (χ1n) is 9.27. The van der Waals surface area contributed by atoms with Gasteiger partial charge in [0.25, 0.3) is 5.91 Å². The van der Waals surface area contributed by atoms with Gasteiger partial charge in [0.05, 0.1) is 23.3 Å². The second kappa shape index (κ2) is 9.67. The van der Waals surface area contributed by atoms with E-state index in [1.165, 1.54) is 24.1 Å². The number of benzene rings is 2. The van der Waals surface area contributed by atoms with Crippen molar-refractivity contribution in [3.8, 4) is 0 Å². The summed E-state index contributed by atoms with van der Waals surface area (Å²) in [6.07, 6.45) is 1.33. The number of aromatic nitrogens is 3. The molecular formula is C21H17ClN4O4S. The molecule has 2 heterocycles. The predicted molar refractivity (Wildman–Crippen MR) is 117 cm³/mol. The normalized spacial score (nSPS) is 10.9. The highest BCUT2D eigenvalue weighted by Crippen LogP contribution is 2.27. The molecule has 8 nitrogen and oxygen atoms in total. The Balaban J connectivity index is 1.41. The number of anilines is 1. The van der Waals surface area contributed by atoms with E-state index in [1.807, 2.05) is 47.0 Å².